The van der Waals surface area contributed by atoms with Gasteiger partial charge in [-0.15, -0.1) is 0 Å². The minimum absolute atomic E-state index is 0.737. The number of aryl methyl sites for hydroxylation is 2. The van der Waals surface area contributed by atoms with Crippen molar-refractivity contribution in [2.45, 2.75) is 20.8 Å². The maximum Gasteiger partial charge on any atom is 0.129 e. The van der Waals surface area contributed by atoms with Crippen LogP contribution in [0.3, 0.4) is 0 Å². The topological polar surface area (TPSA) is 19.4 Å². The van der Waals surface area contributed by atoms with E-state index in [0.717, 1.165) is 42.5 Å². The summed E-state index contributed by atoms with van der Waals surface area (Å²) in [7, 11) is 0. The molecule has 0 N–H and O–H groups in total. The van der Waals surface area contributed by atoms with Gasteiger partial charge in [0.1, 0.15) is 5.82 Å². The molecule has 2 aromatic carbocycles. The van der Waals surface area contributed by atoms with E-state index in [-0.39, 0.29) is 0 Å². The Kier molecular flexibility index (Phi) is 4.49. The van der Waals surface area contributed by atoms with Crippen molar-refractivity contribution in [1.29, 1.82) is 0 Å². The third-order valence-corrected chi connectivity index (χ3v) is 5.72. The summed E-state index contributed by atoms with van der Waals surface area (Å²) in [6, 6.07) is 14.7. The minimum atomic E-state index is 0.737. The predicted molar refractivity (Wildman–Crippen MR) is 112 cm³/mol. The number of piperazine rings is 1. The number of hydrogen-bond acceptors (Lipinski definition) is 3. The van der Waals surface area contributed by atoms with E-state index in [4.69, 9.17) is 16.6 Å². The highest BCUT2D eigenvalue weighted by Gasteiger charge is 2.20. The van der Waals surface area contributed by atoms with E-state index in [9.17, 15) is 0 Å². The Morgan fingerprint density at radius 1 is 0.846 bits per heavy atom. The van der Waals surface area contributed by atoms with E-state index in [1.54, 1.807) is 0 Å². The first kappa shape index (κ1) is 17.2. The Labute approximate surface area is 160 Å². The average Bonchev–Trinajstić information content (AvgIpc) is 2.64. The van der Waals surface area contributed by atoms with Gasteiger partial charge in [-0.2, -0.15) is 0 Å². The molecule has 1 aromatic heterocycles. The number of halogens is 1. The molecule has 4 rings (SSSR count). The standard InChI is InChI=1S/C22H24ClN3/c1-15-5-4-6-21(17(15)3)25-9-11-26(12-10-25)22-13-16(2)19-8-7-18(23)14-20(19)24-22/h4-8,13-14H,9-12H2,1-3H3. The number of fused-ring (bicyclic) bond motifs is 1. The van der Waals surface area contributed by atoms with Crippen LogP contribution in [0.1, 0.15) is 16.7 Å². The number of anilines is 2. The normalized spacial score (nSPS) is 14.9. The number of pyridine rings is 1. The number of aromatic nitrogens is 1. The van der Waals surface area contributed by atoms with Crippen LogP contribution in [0.25, 0.3) is 10.9 Å². The first-order valence-electron chi connectivity index (χ1n) is 9.16. The third kappa shape index (κ3) is 3.12. The van der Waals surface area contributed by atoms with Crippen molar-refractivity contribution in [3.05, 3.63) is 64.2 Å². The van der Waals surface area contributed by atoms with Crippen LogP contribution in [-0.2, 0) is 0 Å². The Bertz CT molecular complexity index is 959. The lowest BCUT2D eigenvalue weighted by Gasteiger charge is -2.37. The van der Waals surface area contributed by atoms with Gasteiger partial charge in [-0.3, -0.25) is 0 Å². The van der Waals surface area contributed by atoms with Crippen LogP contribution in [-0.4, -0.2) is 31.2 Å². The summed E-state index contributed by atoms with van der Waals surface area (Å²) in [5, 5.41) is 1.91. The maximum atomic E-state index is 6.16. The fourth-order valence-electron chi connectivity index (χ4n) is 3.77. The zero-order valence-electron chi connectivity index (χ0n) is 15.6. The van der Waals surface area contributed by atoms with E-state index >= 15 is 0 Å². The minimum Gasteiger partial charge on any atom is -0.368 e. The second-order valence-electron chi connectivity index (χ2n) is 7.15. The Morgan fingerprint density at radius 2 is 1.58 bits per heavy atom. The molecule has 0 radical (unpaired) electrons. The number of nitrogens with zero attached hydrogens (tertiary/aromatic N) is 3. The van der Waals surface area contributed by atoms with E-state index in [2.05, 4.69) is 60.9 Å². The second kappa shape index (κ2) is 6.81. The molecule has 3 aromatic rings. The van der Waals surface area contributed by atoms with Gasteiger partial charge >= 0.3 is 0 Å². The first-order valence-corrected chi connectivity index (χ1v) is 9.54. The predicted octanol–water partition coefficient (Wildman–Crippen LogP) is 5.14. The van der Waals surface area contributed by atoms with Crippen molar-refractivity contribution in [2.75, 3.05) is 36.0 Å². The first-order chi connectivity index (χ1) is 12.5. The van der Waals surface area contributed by atoms with Gasteiger partial charge in [-0.1, -0.05) is 29.8 Å². The molecule has 3 nitrogen and oxygen atoms in total. The lowest BCUT2D eigenvalue weighted by Crippen LogP contribution is -2.47. The molecule has 0 unspecified atom stereocenters. The summed E-state index contributed by atoms with van der Waals surface area (Å²) in [5.74, 6) is 1.05. The summed E-state index contributed by atoms with van der Waals surface area (Å²) < 4.78 is 0. The van der Waals surface area contributed by atoms with Crippen molar-refractivity contribution in [3.63, 3.8) is 0 Å². The highest BCUT2D eigenvalue weighted by Crippen LogP contribution is 2.28. The quantitative estimate of drug-likeness (QED) is 0.626. The second-order valence-corrected chi connectivity index (χ2v) is 7.59. The summed E-state index contributed by atoms with van der Waals surface area (Å²) in [4.78, 5) is 9.75. The summed E-state index contributed by atoms with van der Waals surface area (Å²) >= 11 is 6.16. The van der Waals surface area contributed by atoms with Gasteiger partial charge in [-0.05, 0) is 61.7 Å². The largest absolute Gasteiger partial charge is 0.368 e. The lowest BCUT2D eigenvalue weighted by atomic mass is 10.1. The molecule has 0 aliphatic carbocycles. The van der Waals surface area contributed by atoms with Crippen LogP contribution in [0.5, 0.6) is 0 Å². The lowest BCUT2D eigenvalue weighted by molar-refractivity contribution is 0.647. The molecule has 134 valence electrons. The van der Waals surface area contributed by atoms with Crippen molar-refractivity contribution in [2.24, 2.45) is 0 Å². The summed E-state index contributed by atoms with van der Waals surface area (Å²) in [5.41, 5.74) is 6.33. The molecule has 26 heavy (non-hydrogen) atoms. The van der Waals surface area contributed by atoms with Gasteiger partial charge in [0.25, 0.3) is 0 Å². The number of rotatable bonds is 2. The van der Waals surface area contributed by atoms with Crippen molar-refractivity contribution < 1.29 is 0 Å². The molecule has 1 saturated heterocycles. The Hall–Kier alpha value is -2.26. The Balaban J connectivity index is 1.56. The van der Waals surface area contributed by atoms with E-state index < -0.39 is 0 Å². The van der Waals surface area contributed by atoms with E-state index in [1.807, 2.05) is 12.1 Å². The monoisotopic (exact) mass is 365 g/mol. The van der Waals surface area contributed by atoms with Crippen LogP contribution in [0.15, 0.2) is 42.5 Å². The average molecular weight is 366 g/mol. The smallest absolute Gasteiger partial charge is 0.129 e. The third-order valence-electron chi connectivity index (χ3n) is 5.49. The van der Waals surface area contributed by atoms with Gasteiger partial charge < -0.3 is 9.80 Å². The van der Waals surface area contributed by atoms with E-state index in [0.29, 0.717) is 0 Å². The van der Waals surface area contributed by atoms with E-state index in [1.165, 1.54) is 27.8 Å². The molecule has 0 bridgehead atoms. The molecule has 1 fully saturated rings. The molecule has 0 atom stereocenters. The molecule has 1 aliphatic rings. The SMILES string of the molecule is Cc1cccc(N2CCN(c3cc(C)c4ccc(Cl)cc4n3)CC2)c1C. The van der Waals surface area contributed by atoms with Crippen molar-refractivity contribution >= 4 is 34.0 Å². The van der Waals surface area contributed by atoms with Crippen LogP contribution >= 0.6 is 11.6 Å². The molecular formula is C22H24ClN3. The van der Waals surface area contributed by atoms with Crippen LogP contribution in [0.2, 0.25) is 5.02 Å². The van der Waals surface area contributed by atoms with Gasteiger partial charge in [-0.25, -0.2) is 4.98 Å². The van der Waals surface area contributed by atoms with Gasteiger partial charge in [0.2, 0.25) is 0 Å². The van der Waals surface area contributed by atoms with Gasteiger partial charge in [0.05, 0.1) is 5.52 Å². The van der Waals surface area contributed by atoms with Gasteiger partial charge in [0, 0.05) is 42.3 Å². The molecule has 1 aliphatic heterocycles. The fourth-order valence-corrected chi connectivity index (χ4v) is 3.94. The van der Waals surface area contributed by atoms with Crippen LogP contribution in [0.4, 0.5) is 11.5 Å². The van der Waals surface area contributed by atoms with Crippen LogP contribution in [0, 0.1) is 20.8 Å². The molecule has 0 saturated carbocycles. The van der Waals surface area contributed by atoms with Crippen LogP contribution < -0.4 is 9.80 Å². The number of hydrogen-bond donors (Lipinski definition) is 0. The molecule has 0 amide bonds. The highest BCUT2D eigenvalue weighted by atomic mass is 35.5. The summed E-state index contributed by atoms with van der Waals surface area (Å²) in [6.07, 6.45) is 0. The summed E-state index contributed by atoms with van der Waals surface area (Å²) in [6.45, 7) is 10.5. The number of benzene rings is 2. The molecular weight excluding hydrogens is 342 g/mol. The highest BCUT2D eigenvalue weighted by molar-refractivity contribution is 6.31. The fraction of sp³-hybridized carbons (Fsp3) is 0.318. The maximum absolute atomic E-state index is 6.16. The van der Waals surface area contributed by atoms with Crippen molar-refractivity contribution in [3.8, 4) is 0 Å². The zero-order chi connectivity index (χ0) is 18.3. The molecule has 4 heteroatoms. The molecule has 0 spiro atoms. The zero-order valence-corrected chi connectivity index (χ0v) is 16.3. The molecule has 2 heterocycles. The van der Waals surface area contributed by atoms with Crippen molar-refractivity contribution in [1.82, 2.24) is 4.98 Å². The Morgan fingerprint density at radius 3 is 2.35 bits per heavy atom. The van der Waals surface area contributed by atoms with Gasteiger partial charge in [0.15, 0.2) is 0 Å².